The SMILES string of the molecule is CC1(C)CC[C@]23CC[C@]4(C)[C@H](CC[C@@H]5[C@@]6(C)CC(Br)(Br)C(=O)C(C)(C)[C@@H]6CC[C@]54C)[C@H]2[C@H]1OC3. The number of fused-ring (bicyclic) bond motifs is 5. The summed E-state index contributed by atoms with van der Waals surface area (Å²) < 4.78 is 6.13. The molecule has 192 valence electrons. The van der Waals surface area contributed by atoms with Gasteiger partial charge in [-0.2, -0.15) is 0 Å². The number of hydrogen-bond donors (Lipinski definition) is 0. The fraction of sp³-hybridized carbons (Fsp3) is 0.967. The maximum Gasteiger partial charge on any atom is 0.166 e. The molecule has 1 heterocycles. The zero-order valence-corrected chi connectivity index (χ0v) is 25.7. The Kier molecular flexibility index (Phi) is 5.10. The average Bonchev–Trinajstić information content (AvgIpc) is 3.06. The fourth-order valence-electron chi connectivity index (χ4n) is 12.0. The van der Waals surface area contributed by atoms with Crippen LogP contribution in [0.15, 0.2) is 0 Å². The number of halogens is 2. The van der Waals surface area contributed by atoms with Crippen LogP contribution in [0.3, 0.4) is 0 Å². The molecule has 5 aliphatic carbocycles. The van der Waals surface area contributed by atoms with Crippen LogP contribution in [0.5, 0.6) is 0 Å². The molecule has 0 amide bonds. The van der Waals surface area contributed by atoms with E-state index < -0.39 is 3.23 Å². The van der Waals surface area contributed by atoms with Gasteiger partial charge in [-0.15, -0.1) is 0 Å². The molecule has 9 atom stereocenters. The highest BCUT2D eigenvalue weighted by molar-refractivity contribution is 9.25. The number of rotatable bonds is 0. The highest BCUT2D eigenvalue weighted by Gasteiger charge is 2.74. The van der Waals surface area contributed by atoms with Crippen molar-refractivity contribution in [2.75, 3.05) is 6.61 Å². The first kappa shape index (κ1) is 24.9. The Morgan fingerprint density at radius 3 is 2.18 bits per heavy atom. The number of carbonyl (C=O) groups excluding carboxylic acids is 1. The Morgan fingerprint density at radius 2 is 1.47 bits per heavy atom. The van der Waals surface area contributed by atoms with Gasteiger partial charge in [0, 0.05) is 5.41 Å². The van der Waals surface area contributed by atoms with Crippen molar-refractivity contribution >= 4 is 37.6 Å². The van der Waals surface area contributed by atoms with E-state index in [4.69, 9.17) is 4.74 Å². The lowest BCUT2D eigenvalue weighted by molar-refractivity contribution is -0.239. The van der Waals surface area contributed by atoms with Crippen molar-refractivity contribution in [2.45, 2.75) is 116 Å². The fourth-order valence-corrected chi connectivity index (χ4v) is 14.2. The van der Waals surface area contributed by atoms with Crippen LogP contribution < -0.4 is 0 Å². The summed E-state index contributed by atoms with van der Waals surface area (Å²) in [5, 5.41) is 0. The van der Waals surface area contributed by atoms with Crippen LogP contribution >= 0.6 is 31.9 Å². The van der Waals surface area contributed by atoms with Crippen LogP contribution in [0.1, 0.15) is 106 Å². The third kappa shape index (κ3) is 2.76. The van der Waals surface area contributed by atoms with Crippen LogP contribution in [0.4, 0.5) is 0 Å². The zero-order valence-electron chi connectivity index (χ0n) is 22.5. The summed E-state index contributed by atoms with van der Waals surface area (Å²) in [5.74, 6) is 3.02. The lowest BCUT2D eigenvalue weighted by Gasteiger charge is -2.73. The summed E-state index contributed by atoms with van der Waals surface area (Å²) in [4.78, 5) is 13.5. The minimum atomic E-state index is -0.582. The van der Waals surface area contributed by atoms with Gasteiger partial charge in [0.1, 0.15) is 3.23 Å². The number of Topliss-reactive ketones (excluding diaryl/α,β-unsaturated/α-hetero) is 1. The van der Waals surface area contributed by atoms with Gasteiger partial charge in [-0.1, -0.05) is 80.3 Å². The van der Waals surface area contributed by atoms with Crippen molar-refractivity contribution in [1.29, 1.82) is 0 Å². The summed E-state index contributed by atoms with van der Waals surface area (Å²) in [5.41, 5.74) is 1.33. The number of carbonyl (C=O) groups is 1. The molecule has 1 saturated heterocycles. The average molecular weight is 599 g/mol. The number of hydrogen-bond acceptors (Lipinski definition) is 2. The van der Waals surface area contributed by atoms with Crippen LogP contribution in [0.2, 0.25) is 0 Å². The Labute approximate surface area is 224 Å². The molecule has 0 unspecified atom stereocenters. The van der Waals surface area contributed by atoms with Crippen molar-refractivity contribution in [3.8, 4) is 0 Å². The predicted octanol–water partition coefficient (Wildman–Crippen LogP) is 8.54. The van der Waals surface area contributed by atoms with E-state index in [0.29, 0.717) is 45.4 Å². The van der Waals surface area contributed by atoms with E-state index >= 15 is 0 Å². The molecule has 4 heteroatoms. The summed E-state index contributed by atoms with van der Waals surface area (Å²) in [7, 11) is 0. The highest BCUT2D eigenvalue weighted by atomic mass is 79.9. The summed E-state index contributed by atoms with van der Waals surface area (Å²) in [6, 6.07) is 0. The summed E-state index contributed by atoms with van der Waals surface area (Å²) in [6.07, 6.45) is 12.0. The van der Waals surface area contributed by atoms with E-state index in [1.54, 1.807) is 0 Å². The lowest BCUT2D eigenvalue weighted by atomic mass is 9.31. The van der Waals surface area contributed by atoms with Crippen molar-refractivity contribution in [3.63, 3.8) is 0 Å². The summed E-state index contributed by atoms with van der Waals surface area (Å²) in [6.45, 7) is 18.4. The molecule has 2 nitrogen and oxygen atoms in total. The van der Waals surface area contributed by atoms with Gasteiger partial charge in [0.15, 0.2) is 5.78 Å². The molecule has 1 aliphatic heterocycles. The zero-order chi connectivity index (χ0) is 24.7. The van der Waals surface area contributed by atoms with E-state index in [-0.39, 0.29) is 10.8 Å². The molecule has 0 N–H and O–H groups in total. The lowest BCUT2D eigenvalue weighted by Crippen LogP contribution is -2.69. The molecule has 0 spiro atoms. The molecule has 0 radical (unpaired) electrons. The Morgan fingerprint density at radius 1 is 0.794 bits per heavy atom. The van der Waals surface area contributed by atoms with Crippen molar-refractivity contribution in [1.82, 2.24) is 0 Å². The quantitative estimate of drug-likeness (QED) is 0.261. The van der Waals surface area contributed by atoms with Crippen molar-refractivity contribution < 1.29 is 9.53 Å². The normalized spacial score (nSPS) is 56.6. The minimum Gasteiger partial charge on any atom is -0.377 e. The van der Waals surface area contributed by atoms with Gasteiger partial charge in [-0.25, -0.2) is 0 Å². The molecule has 2 bridgehead atoms. The third-order valence-electron chi connectivity index (χ3n) is 13.8. The molecule has 0 aromatic rings. The van der Waals surface area contributed by atoms with Gasteiger partial charge >= 0.3 is 0 Å². The van der Waals surface area contributed by atoms with E-state index in [0.717, 1.165) is 24.9 Å². The standard InChI is InChI=1S/C30H46Br2O2/c1-24(2)12-14-29-15-13-27(6)18(21(29)22(24)34-17-29)8-9-20-26(5)16-30(31,32)23(33)25(3,4)19(26)10-11-28(20,27)7/h18-22H,8-17H2,1-7H3/t18-,19+,20-,21+,22-,26+,27-,28-,29-/m1/s1. The van der Waals surface area contributed by atoms with Gasteiger partial charge in [0.25, 0.3) is 0 Å². The number of ketones is 1. The summed E-state index contributed by atoms with van der Waals surface area (Å²) >= 11 is 7.76. The molecule has 6 fully saturated rings. The molecule has 0 aromatic carbocycles. The van der Waals surface area contributed by atoms with E-state index in [9.17, 15) is 4.79 Å². The van der Waals surface area contributed by atoms with E-state index in [1.165, 1.54) is 51.4 Å². The second-order valence-corrected chi connectivity index (χ2v) is 19.5. The van der Waals surface area contributed by atoms with Gasteiger partial charge in [0.05, 0.1) is 12.7 Å². The Balaban J connectivity index is 1.42. The maximum atomic E-state index is 13.5. The molecular weight excluding hydrogens is 552 g/mol. The van der Waals surface area contributed by atoms with Crippen molar-refractivity contribution in [2.24, 2.45) is 56.2 Å². The Bertz CT molecular complexity index is 925. The second-order valence-electron chi connectivity index (χ2n) is 15.7. The van der Waals surface area contributed by atoms with Crippen LogP contribution in [-0.2, 0) is 9.53 Å². The van der Waals surface area contributed by atoms with Gasteiger partial charge in [0.2, 0.25) is 0 Å². The van der Waals surface area contributed by atoms with Gasteiger partial charge in [-0.3, -0.25) is 4.79 Å². The monoisotopic (exact) mass is 596 g/mol. The molecule has 34 heavy (non-hydrogen) atoms. The molecular formula is C30H46Br2O2. The predicted molar refractivity (Wildman–Crippen MR) is 145 cm³/mol. The smallest absolute Gasteiger partial charge is 0.166 e. The second kappa shape index (κ2) is 6.96. The molecule has 6 rings (SSSR count). The molecule has 0 aromatic heterocycles. The topological polar surface area (TPSA) is 26.3 Å². The number of alkyl halides is 2. The van der Waals surface area contributed by atoms with E-state index in [1.807, 2.05) is 0 Å². The first-order valence-corrected chi connectivity index (χ1v) is 15.7. The van der Waals surface area contributed by atoms with Crippen LogP contribution in [0.25, 0.3) is 0 Å². The minimum absolute atomic E-state index is 0.168. The van der Waals surface area contributed by atoms with Gasteiger partial charge in [-0.05, 0) is 109 Å². The van der Waals surface area contributed by atoms with Crippen LogP contribution in [-0.4, -0.2) is 21.7 Å². The molecule has 5 saturated carbocycles. The number of ether oxygens (including phenoxy) is 1. The van der Waals surface area contributed by atoms with Crippen molar-refractivity contribution in [3.05, 3.63) is 0 Å². The largest absolute Gasteiger partial charge is 0.377 e. The first-order valence-electron chi connectivity index (χ1n) is 14.1. The van der Waals surface area contributed by atoms with Crippen LogP contribution in [0, 0.1) is 56.2 Å². The first-order chi connectivity index (χ1) is 15.6. The third-order valence-corrected chi connectivity index (χ3v) is 15.1. The maximum absolute atomic E-state index is 13.5. The molecule has 6 aliphatic rings. The van der Waals surface area contributed by atoms with E-state index in [2.05, 4.69) is 80.3 Å². The highest BCUT2D eigenvalue weighted by Crippen LogP contribution is 2.78. The van der Waals surface area contributed by atoms with Gasteiger partial charge < -0.3 is 4.74 Å². The Hall–Kier alpha value is 0.590.